The third-order valence-electron chi connectivity index (χ3n) is 4.82. The van der Waals surface area contributed by atoms with Crippen LogP contribution in [0, 0.1) is 5.82 Å². The second-order valence-electron chi connectivity index (χ2n) is 7.24. The van der Waals surface area contributed by atoms with Crippen molar-refractivity contribution >= 4 is 11.9 Å². The van der Waals surface area contributed by atoms with E-state index in [-0.39, 0.29) is 5.82 Å². The number of benzene rings is 1. The first kappa shape index (κ1) is 23.0. The molecule has 0 saturated carbocycles. The van der Waals surface area contributed by atoms with E-state index in [0.717, 1.165) is 70.7 Å². The molecule has 1 heterocycles. The molecule has 0 aliphatic carbocycles. The topological polar surface area (TPSA) is 66.0 Å². The van der Waals surface area contributed by atoms with E-state index < -0.39 is 0 Å². The van der Waals surface area contributed by atoms with Crippen LogP contribution >= 0.6 is 0 Å². The Morgan fingerprint density at radius 2 is 1.97 bits per heavy atom. The van der Waals surface area contributed by atoms with Crippen LogP contribution in [0.15, 0.2) is 29.3 Å². The average Bonchev–Trinajstić information content (AvgIpc) is 2.93. The monoisotopic (exact) mass is 406 g/mol. The van der Waals surface area contributed by atoms with Crippen molar-refractivity contribution in [3.05, 3.63) is 30.1 Å². The minimum absolute atomic E-state index is 0.255. The largest absolute Gasteiger partial charge is 0.494 e. The Bertz CT molecular complexity index is 622. The first-order valence-corrected chi connectivity index (χ1v) is 10.9. The Morgan fingerprint density at radius 3 is 2.76 bits per heavy atom. The summed E-state index contributed by atoms with van der Waals surface area (Å²) in [5, 5.41) is 6.59. The maximum Gasteiger partial charge on any atom is 0.222 e. The summed E-state index contributed by atoms with van der Waals surface area (Å²) in [5.41, 5.74) is 0. The molecule has 2 rings (SSSR count). The third-order valence-corrected chi connectivity index (χ3v) is 4.82. The summed E-state index contributed by atoms with van der Waals surface area (Å²) in [4.78, 5) is 18.6. The number of ether oxygens (including phenoxy) is 1. The molecule has 1 aliphatic heterocycles. The number of carbonyl (C=O) groups excluding carboxylic acids is 1. The Hall–Kier alpha value is -2.31. The summed E-state index contributed by atoms with van der Waals surface area (Å²) in [6.45, 7) is 6.65. The number of nitrogens with one attached hydrogen (secondary N) is 2. The van der Waals surface area contributed by atoms with Gasteiger partial charge in [0.1, 0.15) is 11.6 Å². The molecule has 1 amide bonds. The van der Waals surface area contributed by atoms with Crippen molar-refractivity contribution in [2.45, 2.75) is 51.9 Å². The van der Waals surface area contributed by atoms with Crippen molar-refractivity contribution in [1.29, 1.82) is 0 Å². The van der Waals surface area contributed by atoms with Gasteiger partial charge in [-0.15, -0.1) is 0 Å². The lowest BCUT2D eigenvalue weighted by Crippen LogP contribution is -2.38. The van der Waals surface area contributed by atoms with E-state index in [9.17, 15) is 9.18 Å². The van der Waals surface area contributed by atoms with Crippen molar-refractivity contribution in [3.63, 3.8) is 0 Å². The number of hydrogen-bond acceptors (Lipinski definition) is 3. The van der Waals surface area contributed by atoms with Crippen LogP contribution in [-0.2, 0) is 4.79 Å². The van der Waals surface area contributed by atoms with Gasteiger partial charge in [-0.05, 0) is 63.3 Å². The molecule has 1 aromatic rings. The van der Waals surface area contributed by atoms with E-state index in [1.165, 1.54) is 12.1 Å². The molecule has 0 spiro atoms. The lowest BCUT2D eigenvalue weighted by atomic mass is 10.2. The number of nitrogens with zero attached hydrogens (tertiary/aromatic N) is 2. The lowest BCUT2D eigenvalue weighted by molar-refractivity contribution is -0.130. The molecule has 0 unspecified atom stereocenters. The quantitative estimate of drug-likeness (QED) is 0.336. The Morgan fingerprint density at radius 1 is 1.14 bits per heavy atom. The highest BCUT2D eigenvalue weighted by Gasteiger charge is 2.15. The van der Waals surface area contributed by atoms with Crippen molar-refractivity contribution in [1.82, 2.24) is 15.5 Å². The number of guanidine groups is 1. The minimum Gasteiger partial charge on any atom is -0.494 e. The molecule has 162 valence electrons. The average molecular weight is 407 g/mol. The van der Waals surface area contributed by atoms with Gasteiger partial charge in [0, 0.05) is 39.1 Å². The maximum atomic E-state index is 12.9. The SMILES string of the molecule is CCNC(=NCCCN1CCCCCC1=O)NCCCCOc1ccc(F)cc1. The second kappa shape index (κ2) is 13.8. The van der Waals surface area contributed by atoms with Gasteiger partial charge in [0.15, 0.2) is 5.96 Å². The number of unbranched alkanes of at least 4 members (excludes halogenated alkanes) is 1. The summed E-state index contributed by atoms with van der Waals surface area (Å²) in [7, 11) is 0. The smallest absolute Gasteiger partial charge is 0.222 e. The maximum absolute atomic E-state index is 12.9. The highest BCUT2D eigenvalue weighted by molar-refractivity contribution is 5.79. The number of aliphatic imine (C=N–C) groups is 1. The predicted octanol–water partition coefficient (Wildman–Crippen LogP) is 3.33. The lowest BCUT2D eigenvalue weighted by Gasteiger charge is -2.20. The van der Waals surface area contributed by atoms with Gasteiger partial charge >= 0.3 is 0 Å². The van der Waals surface area contributed by atoms with Crippen molar-refractivity contribution < 1.29 is 13.9 Å². The second-order valence-corrected chi connectivity index (χ2v) is 7.24. The van der Waals surface area contributed by atoms with Crippen LogP contribution in [0.2, 0.25) is 0 Å². The van der Waals surface area contributed by atoms with E-state index >= 15 is 0 Å². The first-order valence-electron chi connectivity index (χ1n) is 10.9. The van der Waals surface area contributed by atoms with E-state index in [4.69, 9.17) is 4.74 Å². The van der Waals surface area contributed by atoms with Crippen molar-refractivity contribution in [2.75, 3.05) is 39.3 Å². The molecule has 0 radical (unpaired) electrons. The molecule has 2 N–H and O–H groups in total. The first-order chi connectivity index (χ1) is 14.2. The standard InChI is InChI=1S/C22H35FN4O2/c1-2-24-22(26-15-8-17-27-16-6-3-4-9-21(27)28)25-14-5-7-18-29-20-12-10-19(23)11-13-20/h10-13H,2-9,14-18H2,1H3,(H2,24,25,26). The fraction of sp³-hybridized carbons (Fsp3) is 0.636. The zero-order chi connectivity index (χ0) is 20.7. The van der Waals surface area contributed by atoms with Gasteiger partial charge in [0.25, 0.3) is 0 Å². The van der Waals surface area contributed by atoms with Crippen LogP contribution in [0.3, 0.4) is 0 Å². The van der Waals surface area contributed by atoms with Crippen LogP contribution in [0.25, 0.3) is 0 Å². The fourth-order valence-corrected chi connectivity index (χ4v) is 3.22. The molecule has 1 fully saturated rings. The molecule has 6 nitrogen and oxygen atoms in total. The summed E-state index contributed by atoms with van der Waals surface area (Å²) < 4.78 is 18.5. The predicted molar refractivity (Wildman–Crippen MR) is 115 cm³/mol. The summed E-state index contributed by atoms with van der Waals surface area (Å²) in [6.07, 6.45) is 6.73. The molecule has 29 heavy (non-hydrogen) atoms. The number of carbonyl (C=O) groups is 1. The Kier molecular flexibility index (Phi) is 10.9. The molecular weight excluding hydrogens is 371 g/mol. The van der Waals surface area contributed by atoms with Crippen LogP contribution in [0.1, 0.15) is 51.9 Å². The fourth-order valence-electron chi connectivity index (χ4n) is 3.22. The normalized spacial score (nSPS) is 15.2. The number of hydrogen-bond donors (Lipinski definition) is 2. The van der Waals surface area contributed by atoms with E-state index in [0.29, 0.717) is 31.2 Å². The number of likely N-dealkylation sites (tertiary alicyclic amines) is 1. The minimum atomic E-state index is -0.255. The van der Waals surface area contributed by atoms with Gasteiger partial charge in [0.2, 0.25) is 5.91 Å². The zero-order valence-corrected chi connectivity index (χ0v) is 17.6. The van der Waals surface area contributed by atoms with Gasteiger partial charge in [-0.3, -0.25) is 9.79 Å². The number of halogens is 1. The highest BCUT2D eigenvalue weighted by atomic mass is 19.1. The van der Waals surface area contributed by atoms with E-state index in [2.05, 4.69) is 15.6 Å². The van der Waals surface area contributed by atoms with Gasteiger partial charge in [0.05, 0.1) is 6.61 Å². The van der Waals surface area contributed by atoms with E-state index in [1.807, 2.05) is 11.8 Å². The molecule has 1 aliphatic rings. The van der Waals surface area contributed by atoms with Gasteiger partial charge < -0.3 is 20.3 Å². The molecule has 0 aromatic heterocycles. The Labute approximate surface area is 173 Å². The van der Waals surface area contributed by atoms with Crippen molar-refractivity contribution in [2.24, 2.45) is 4.99 Å². The van der Waals surface area contributed by atoms with Crippen molar-refractivity contribution in [3.8, 4) is 5.75 Å². The van der Waals surface area contributed by atoms with Gasteiger partial charge in [-0.25, -0.2) is 4.39 Å². The zero-order valence-electron chi connectivity index (χ0n) is 17.6. The molecule has 0 atom stereocenters. The van der Waals surface area contributed by atoms with Gasteiger partial charge in [-0.1, -0.05) is 6.42 Å². The summed E-state index contributed by atoms with van der Waals surface area (Å²) in [5.74, 6) is 1.54. The molecule has 1 aromatic carbocycles. The number of amides is 1. The van der Waals surface area contributed by atoms with E-state index in [1.54, 1.807) is 12.1 Å². The molecule has 0 bridgehead atoms. The summed E-state index contributed by atoms with van der Waals surface area (Å²) >= 11 is 0. The summed E-state index contributed by atoms with van der Waals surface area (Å²) in [6, 6.07) is 6.09. The third kappa shape index (κ3) is 9.63. The Balaban J connectivity index is 1.58. The highest BCUT2D eigenvalue weighted by Crippen LogP contribution is 2.12. The van der Waals surface area contributed by atoms with Crippen LogP contribution in [0.5, 0.6) is 5.75 Å². The number of rotatable bonds is 11. The molecular formula is C22H35FN4O2. The molecule has 7 heteroatoms. The van der Waals surface area contributed by atoms with Crippen LogP contribution < -0.4 is 15.4 Å². The van der Waals surface area contributed by atoms with Crippen LogP contribution in [-0.4, -0.2) is 56.1 Å². The molecule has 1 saturated heterocycles. The van der Waals surface area contributed by atoms with Crippen LogP contribution in [0.4, 0.5) is 4.39 Å². The van der Waals surface area contributed by atoms with Gasteiger partial charge in [-0.2, -0.15) is 0 Å².